The Morgan fingerprint density at radius 3 is 2.79 bits per heavy atom. The number of rotatable bonds is 5. The van der Waals surface area contributed by atoms with Gasteiger partial charge in [-0.05, 0) is 13.0 Å². The van der Waals surface area contributed by atoms with Crippen molar-refractivity contribution >= 4 is 11.7 Å². The van der Waals surface area contributed by atoms with E-state index in [1.165, 1.54) is 6.92 Å². The van der Waals surface area contributed by atoms with Crippen molar-refractivity contribution in [3.63, 3.8) is 0 Å². The molecular formula is C11H15NO2. The molecule has 1 rings (SSSR count). The second kappa shape index (κ2) is 4.65. The van der Waals surface area contributed by atoms with E-state index in [2.05, 4.69) is 6.58 Å². The summed E-state index contributed by atoms with van der Waals surface area (Å²) in [7, 11) is 0. The fourth-order valence-corrected chi connectivity index (χ4v) is 1.22. The summed E-state index contributed by atoms with van der Waals surface area (Å²) in [6, 6.07) is 3.51. The zero-order valence-corrected chi connectivity index (χ0v) is 8.62. The van der Waals surface area contributed by atoms with E-state index in [4.69, 9.17) is 4.42 Å². The normalized spacial score (nSPS) is 9.86. The highest BCUT2D eigenvalue weighted by Crippen LogP contribution is 2.18. The molecule has 0 aliphatic carbocycles. The number of Topliss-reactive ketones (excluding diaryl/α,β-unsaturated/α-hetero) is 1. The smallest absolute Gasteiger partial charge is 0.196 e. The van der Waals surface area contributed by atoms with Gasteiger partial charge in [0.05, 0.1) is 0 Å². The number of carbonyl (C=O) groups is 1. The Balaban J connectivity index is 2.83. The third kappa shape index (κ3) is 2.25. The monoisotopic (exact) mass is 193 g/mol. The molecule has 0 radical (unpaired) electrons. The highest BCUT2D eigenvalue weighted by molar-refractivity contribution is 5.91. The van der Waals surface area contributed by atoms with Crippen molar-refractivity contribution in [2.75, 3.05) is 18.0 Å². The number of nitrogens with zero attached hydrogens (tertiary/aromatic N) is 1. The van der Waals surface area contributed by atoms with Crippen LogP contribution < -0.4 is 4.90 Å². The topological polar surface area (TPSA) is 33.5 Å². The first kappa shape index (κ1) is 10.6. The van der Waals surface area contributed by atoms with E-state index in [9.17, 15) is 4.79 Å². The summed E-state index contributed by atoms with van der Waals surface area (Å²) in [6.45, 7) is 8.74. The van der Waals surface area contributed by atoms with Gasteiger partial charge < -0.3 is 9.32 Å². The van der Waals surface area contributed by atoms with E-state index in [1.807, 2.05) is 17.9 Å². The van der Waals surface area contributed by atoms with Crippen molar-refractivity contribution in [2.45, 2.75) is 13.8 Å². The van der Waals surface area contributed by atoms with Crippen molar-refractivity contribution in [3.8, 4) is 0 Å². The van der Waals surface area contributed by atoms with Gasteiger partial charge in [-0.2, -0.15) is 0 Å². The van der Waals surface area contributed by atoms with Crippen molar-refractivity contribution in [1.29, 1.82) is 0 Å². The van der Waals surface area contributed by atoms with Gasteiger partial charge in [-0.1, -0.05) is 6.08 Å². The third-order valence-electron chi connectivity index (χ3n) is 1.98. The maximum absolute atomic E-state index is 11.0. The van der Waals surface area contributed by atoms with Gasteiger partial charge in [0, 0.05) is 26.1 Å². The molecule has 0 N–H and O–H groups in total. The van der Waals surface area contributed by atoms with Crippen LogP contribution in [0.3, 0.4) is 0 Å². The third-order valence-corrected chi connectivity index (χ3v) is 1.98. The van der Waals surface area contributed by atoms with Crippen LogP contribution >= 0.6 is 0 Å². The van der Waals surface area contributed by atoms with Gasteiger partial charge in [-0.25, -0.2) is 0 Å². The first-order chi connectivity index (χ1) is 6.69. The lowest BCUT2D eigenvalue weighted by Gasteiger charge is -2.17. The summed E-state index contributed by atoms with van der Waals surface area (Å²) in [5.41, 5.74) is 0. The molecule has 0 fully saturated rings. The Labute approximate surface area is 84.0 Å². The van der Waals surface area contributed by atoms with E-state index in [1.54, 1.807) is 12.1 Å². The minimum absolute atomic E-state index is 0.0501. The molecule has 76 valence electrons. The number of likely N-dealkylation sites (N-methyl/N-ethyl adjacent to an activating group) is 1. The number of carbonyl (C=O) groups excluding carboxylic acids is 1. The Morgan fingerprint density at radius 1 is 1.64 bits per heavy atom. The lowest BCUT2D eigenvalue weighted by molar-refractivity contribution is 0.0988. The number of hydrogen-bond donors (Lipinski definition) is 0. The molecule has 14 heavy (non-hydrogen) atoms. The van der Waals surface area contributed by atoms with Crippen LogP contribution in [0.1, 0.15) is 24.4 Å². The lowest BCUT2D eigenvalue weighted by atomic mass is 10.3. The average Bonchev–Trinajstić information content (AvgIpc) is 2.63. The molecule has 0 saturated carbocycles. The van der Waals surface area contributed by atoms with Crippen LogP contribution in [-0.2, 0) is 0 Å². The van der Waals surface area contributed by atoms with Gasteiger partial charge in [0.2, 0.25) is 0 Å². The molecule has 0 unspecified atom stereocenters. The fourth-order valence-electron chi connectivity index (χ4n) is 1.22. The first-order valence-electron chi connectivity index (χ1n) is 4.65. The van der Waals surface area contributed by atoms with Crippen LogP contribution in [0, 0.1) is 0 Å². The average molecular weight is 193 g/mol. The zero-order chi connectivity index (χ0) is 10.6. The molecule has 3 nitrogen and oxygen atoms in total. The highest BCUT2D eigenvalue weighted by atomic mass is 16.4. The number of furan rings is 1. The van der Waals surface area contributed by atoms with E-state index in [-0.39, 0.29) is 5.78 Å². The Morgan fingerprint density at radius 2 is 2.36 bits per heavy atom. The Kier molecular flexibility index (Phi) is 3.51. The van der Waals surface area contributed by atoms with Gasteiger partial charge in [0.15, 0.2) is 17.4 Å². The zero-order valence-electron chi connectivity index (χ0n) is 8.62. The SMILES string of the molecule is C=CCN(CC)c1ccc(C(C)=O)o1. The van der Waals surface area contributed by atoms with Gasteiger partial charge in [0.25, 0.3) is 0 Å². The number of ketones is 1. The second-order valence-corrected chi connectivity index (χ2v) is 3.02. The van der Waals surface area contributed by atoms with Crippen molar-refractivity contribution < 1.29 is 9.21 Å². The molecule has 1 aromatic rings. The fraction of sp³-hybridized carbons (Fsp3) is 0.364. The summed E-state index contributed by atoms with van der Waals surface area (Å²) in [4.78, 5) is 13.0. The van der Waals surface area contributed by atoms with Crippen molar-refractivity contribution in [1.82, 2.24) is 0 Å². The van der Waals surface area contributed by atoms with Crippen LogP contribution in [0.25, 0.3) is 0 Å². The van der Waals surface area contributed by atoms with Gasteiger partial charge in [-0.15, -0.1) is 6.58 Å². The van der Waals surface area contributed by atoms with E-state index in [0.717, 1.165) is 19.0 Å². The van der Waals surface area contributed by atoms with Crippen LogP contribution in [-0.4, -0.2) is 18.9 Å². The standard InChI is InChI=1S/C11H15NO2/c1-4-8-12(5-2)11-7-6-10(14-11)9(3)13/h4,6-7H,1,5,8H2,2-3H3. The molecule has 1 heterocycles. The number of anilines is 1. The molecule has 0 aromatic carbocycles. The summed E-state index contributed by atoms with van der Waals surface area (Å²) >= 11 is 0. The Hall–Kier alpha value is -1.51. The molecule has 3 heteroatoms. The maximum Gasteiger partial charge on any atom is 0.196 e. The van der Waals surface area contributed by atoms with Crippen LogP contribution in [0.15, 0.2) is 29.2 Å². The van der Waals surface area contributed by atoms with Crippen molar-refractivity contribution in [2.24, 2.45) is 0 Å². The molecule has 0 aliphatic heterocycles. The maximum atomic E-state index is 11.0. The van der Waals surface area contributed by atoms with Gasteiger partial charge in [-0.3, -0.25) is 4.79 Å². The summed E-state index contributed by atoms with van der Waals surface area (Å²) in [5.74, 6) is 1.08. The van der Waals surface area contributed by atoms with Gasteiger partial charge >= 0.3 is 0 Å². The Bertz CT molecular complexity index is 328. The molecule has 0 saturated heterocycles. The summed E-state index contributed by atoms with van der Waals surface area (Å²) in [6.07, 6.45) is 1.81. The van der Waals surface area contributed by atoms with E-state index >= 15 is 0 Å². The quantitative estimate of drug-likeness (QED) is 0.532. The van der Waals surface area contributed by atoms with Crippen LogP contribution in [0.5, 0.6) is 0 Å². The number of hydrogen-bond acceptors (Lipinski definition) is 3. The molecule has 0 aliphatic rings. The molecule has 0 amide bonds. The van der Waals surface area contributed by atoms with Crippen LogP contribution in [0.2, 0.25) is 0 Å². The molecule has 0 atom stereocenters. The highest BCUT2D eigenvalue weighted by Gasteiger charge is 2.10. The first-order valence-corrected chi connectivity index (χ1v) is 4.65. The minimum Gasteiger partial charge on any atom is -0.437 e. The minimum atomic E-state index is -0.0501. The van der Waals surface area contributed by atoms with E-state index < -0.39 is 0 Å². The summed E-state index contributed by atoms with van der Waals surface area (Å²) < 4.78 is 5.38. The molecular weight excluding hydrogens is 178 g/mol. The molecule has 0 spiro atoms. The molecule has 1 aromatic heterocycles. The predicted molar refractivity (Wildman–Crippen MR) is 56.8 cm³/mol. The lowest BCUT2D eigenvalue weighted by Crippen LogP contribution is -2.21. The van der Waals surface area contributed by atoms with Crippen LogP contribution in [0.4, 0.5) is 5.88 Å². The van der Waals surface area contributed by atoms with Crippen molar-refractivity contribution in [3.05, 3.63) is 30.5 Å². The largest absolute Gasteiger partial charge is 0.437 e. The summed E-state index contributed by atoms with van der Waals surface area (Å²) in [5, 5.41) is 0. The van der Waals surface area contributed by atoms with E-state index in [0.29, 0.717) is 5.76 Å². The second-order valence-electron chi connectivity index (χ2n) is 3.02. The molecule has 0 bridgehead atoms. The predicted octanol–water partition coefficient (Wildman–Crippen LogP) is 2.49. The van der Waals surface area contributed by atoms with Gasteiger partial charge in [0.1, 0.15) is 0 Å².